The largest absolute Gasteiger partial charge is 0.478 e. The van der Waals surface area contributed by atoms with Crippen LogP contribution in [0.3, 0.4) is 0 Å². The minimum Gasteiger partial charge on any atom is -0.478 e. The third-order valence-electron chi connectivity index (χ3n) is 3.59. The van der Waals surface area contributed by atoms with Gasteiger partial charge >= 0.3 is 5.97 Å². The monoisotopic (exact) mass is 280 g/mol. The Balaban J connectivity index is 1.99. The molecule has 0 atom stereocenters. The number of carboxylic acid groups (broad SMARTS) is 1. The molecule has 1 aromatic heterocycles. The highest BCUT2D eigenvalue weighted by Gasteiger charge is 2.09. The van der Waals surface area contributed by atoms with Gasteiger partial charge in [-0.05, 0) is 29.8 Å². The number of aromatic nitrogens is 2. The van der Waals surface area contributed by atoms with Crippen molar-refractivity contribution in [2.75, 3.05) is 0 Å². The molecule has 2 aromatic carbocycles. The lowest BCUT2D eigenvalue weighted by molar-refractivity contribution is 0.0697. The maximum atomic E-state index is 10.9. The summed E-state index contributed by atoms with van der Waals surface area (Å²) in [4.78, 5) is 15.5. The van der Waals surface area contributed by atoms with E-state index in [2.05, 4.69) is 22.5 Å². The summed E-state index contributed by atoms with van der Waals surface area (Å²) in [5.41, 5.74) is 3.48. The van der Waals surface area contributed by atoms with Crippen LogP contribution < -0.4 is 0 Å². The number of nitrogens with zero attached hydrogens (tertiary/aromatic N) is 2. The molecule has 0 saturated carbocycles. The Hall–Kier alpha value is -2.62. The number of carboxylic acids is 1. The van der Waals surface area contributed by atoms with Gasteiger partial charge in [0.2, 0.25) is 0 Å². The van der Waals surface area contributed by atoms with E-state index in [4.69, 9.17) is 5.11 Å². The van der Waals surface area contributed by atoms with E-state index in [0.29, 0.717) is 12.1 Å². The molecule has 1 N–H and O–H groups in total. The van der Waals surface area contributed by atoms with E-state index in [1.54, 1.807) is 12.1 Å². The van der Waals surface area contributed by atoms with E-state index in [9.17, 15) is 4.79 Å². The number of benzene rings is 2. The molecule has 0 bridgehead atoms. The molecule has 0 aliphatic heterocycles. The van der Waals surface area contributed by atoms with Gasteiger partial charge < -0.3 is 9.67 Å². The highest BCUT2D eigenvalue weighted by Crippen LogP contribution is 2.18. The van der Waals surface area contributed by atoms with Crippen LogP contribution in [-0.4, -0.2) is 20.6 Å². The van der Waals surface area contributed by atoms with Crippen LogP contribution in [0.2, 0.25) is 0 Å². The fraction of sp³-hybridized carbons (Fsp3) is 0.176. The lowest BCUT2D eigenvalue weighted by Gasteiger charge is -2.08. The standard InChI is InChI=1S/C17H16N2O2/c1-2-16-18-14-5-3-4-6-15(14)19(16)11-12-7-9-13(10-8-12)17(20)21/h3-10H,2,11H2,1H3,(H,20,21). The van der Waals surface area contributed by atoms with Crippen LogP contribution in [0.15, 0.2) is 48.5 Å². The second-order valence-electron chi connectivity index (χ2n) is 4.96. The van der Waals surface area contributed by atoms with Crippen LogP contribution in [0.4, 0.5) is 0 Å². The summed E-state index contributed by atoms with van der Waals surface area (Å²) in [6.07, 6.45) is 0.863. The molecule has 0 radical (unpaired) electrons. The van der Waals surface area contributed by atoms with E-state index >= 15 is 0 Å². The number of fused-ring (bicyclic) bond motifs is 1. The van der Waals surface area contributed by atoms with Gasteiger partial charge in [0.1, 0.15) is 5.82 Å². The molecule has 3 rings (SSSR count). The fourth-order valence-electron chi connectivity index (χ4n) is 2.51. The van der Waals surface area contributed by atoms with Crippen LogP contribution in [0.1, 0.15) is 28.7 Å². The molecule has 106 valence electrons. The summed E-state index contributed by atoms with van der Waals surface area (Å²) < 4.78 is 2.19. The number of hydrogen-bond donors (Lipinski definition) is 1. The highest BCUT2D eigenvalue weighted by atomic mass is 16.4. The number of rotatable bonds is 4. The first-order chi connectivity index (χ1) is 10.2. The van der Waals surface area contributed by atoms with E-state index in [1.807, 2.05) is 30.3 Å². The fourth-order valence-corrected chi connectivity index (χ4v) is 2.51. The third-order valence-corrected chi connectivity index (χ3v) is 3.59. The number of carbonyl (C=O) groups is 1. The van der Waals surface area contributed by atoms with Crippen molar-refractivity contribution in [1.82, 2.24) is 9.55 Å². The van der Waals surface area contributed by atoms with Crippen molar-refractivity contribution >= 4 is 17.0 Å². The molecule has 4 nitrogen and oxygen atoms in total. The molecule has 3 aromatic rings. The molecule has 0 amide bonds. The van der Waals surface area contributed by atoms with E-state index in [0.717, 1.165) is 28.8 Å². The van der Waals surface area contributed by atoms with Gasteiger partial charge in [0.25, 0.3) is 0 Å². The maximum absolute atomic E-state index is 10.9. The van der Waals surface area contributed by atoms with Crippen molar-refractivity contribution < 1.29 is 9.90 Å². The first-order valence-corrected chi connectivity index (χ1v) is 6.95. The normalized spacial score (nSPS) is 10.9. The quantitative estimate of drug-likeness (QED) is 0.797. The van der Waals surface area contributed by atoms with Crippen molar-refractivity contribution in [3.8, 4) is 0 Å². The molecule has 0 unspecified atom stereocenters. The second kappa shape index (κ2) is 5.40. The average Bonchev–Trinajstić information content (AvgIpc) is 2.86. The summed E-state index contributed by atoms with van der Waals surface area (Å²) in [6.45, 7) is 2.79. The lowest BCUT2D eigenvalue weighted by Crippen LogP contribution is -2.05. The lowest BCUT2D eigenvalue weighted by atomic mass is 10.1. The van der Waals surface area contributed by atoms with Gasteiger partial charge in [-0.3, -0.25) is 0 Å². The maximum Gasteiger partial charge on any atom is 0.335 e. The summed E-state index contributed by atoms with van der Waals surface area (Å²) in [6, 6.07) is 15.1. The molecule has 0 saturated heterocycles. The molecule has 0 aliphatic rings. The Labute approximate surface area is 122 Å². The zero-order chi connectivity index (χ0) is 14.8. The summed E-state index contributed by atoms with van der Waals surface area (Å²) in [5.74, 6) is 0.141. The zero-order valence-corrected chi connectivity index (χ0v) is 11.8. The predicted octanol–water partition coefficient (Wildman–Crippen LogP) is 3.35. The predicted molar refractivity (Wildman–Crippen MR) is 81.6 cm³/mol. The molecule has 21 heavy (non-hydrogen) atoms. The highest BCUT2D eigenvalue weighted by molar-refractivity contribution is 5.87. The summed E-state index contributed by atoms with van der Waals surface area (Å²) in [7, 11) is 0. The summed E-state index contributed by atoms with van der Waals surface area (Å²) in [5, 5.41) is 8.94. The molecule has 0 aliphatic carbocycles. The Morgan fingerprint density at radius 2 is 1.86 bits per heavy atom. The smallest absolute Gasteiger partial charge is 0.335 e. The van der Waals surface area contributed by atoms with Crippen molar-refractivity contribution in [3.05, 3.63) is 65.5 Å². The first kappa shape index (κ1) is 13.4. The van der Waals surface area contributed by atoms with Gasteiger partial charge in [-0.15, -0.1) is 0 Å². The van der Waals surface area contributed by atoms with Crippen molar-refractivity contribution in [1.29, 1.82) is 0 Å². The van der Waals surface area contributed by atoms with Gasteiger partial charge in [0.05, 0.1) is 16.6 Å². The van der Waals surface area contributed by atoms with Crippen LogP contribution >= 0.6 is 0 Å². The van der Waals surface area contributed by atoms with Gasteiger partial charge in [0.15, 0.2) is 0 Å². The van der Waals surface area contributed by atoms with E-state index < -0.39 is 5.97 Å². The van der Waals surface area contributed by atoms with Crippen LogP contribution in [0, 0.1) is 0 Å². The Morgan fingerprint density at radius 3 is 2.52 bits per heavy atom. The van der Waals surface area contributed by atoms with Crippen LogP contribution in [-0.2, 0) is 13.0 Å². The van der Waals surface area contributed by atoms with Gasteiger partial charge in [-0.25, -0.2) is 9.78 Å². The Bertz CT molecular complexity index is 788. The summed E-state index contributed by atoms with van der Waals surface area (Å²) >= 11 is 0. The molecule has 0 spiro atoms. The molecule has 4 heteroatoms. The van der Waals surface area contributed by atoms with Crippen molar-refractivity contribution in [2.24, 2.45) is 0 Å². The van der Waals surface area contributed by atoms with Crippen LogP contribution in [0.25, 0.3) is 11.0 Å². The minimum absolute atomic E-state index is 0.310. The number of para-hydroxylation sites is 2. The number of imidazole rings is 1. The average molecular weight is 280 g/mol. The SMILES string of the molecule is CCc1nc2ccccc2n1Cc1ccc(C(=O)O)cc1. The molecular weight excluding hydrogens is 264 g/mol. The molecule has 0 fully saturated rings. The van der Waals surface area contributed by atoms with E-state index in [1.165, 1.54) is 0 Å². The third kappa shape index (κ3) is 2.52. The Morgan fingerprint density at radius 1 is 1.14 bits per heavy atom. The van der Waals surface area contributed by atoms with Gasteiger partial charge in [-0.2, -0.15) is 0 Å². The van der Waals surface area contributed by atoms with Crippen molar-refractivity contribution in [2.45, 2.75) is 19.9 Å². The van der Waals surface area contributed by atoms with Crippen molar-refractivity contribution in [3.63, 3.8) is 0 Å². The van der Waals surface area contributed by atoms with Gasteiger partial charge in [0, 0.05) is 13.0 Å². The molecular formula is C17H16N2O2. The van der Waals surface area contributed by atoms with Gasteiger partial charge in [-0.1, -0.05) is 31.2 Å². The number of aromatic carboxylic acids is 1. The Kier molecular flexibility index (Phi) is 3.44. The number of aryl methyl sites for hydroxylation is 1. The zero-order valence-electron chi connectivity index (χ0n) is 11.8. The minimum atomic E-state index is -0.899. The topological polar surface area (TPSA) is 55.1 Å². The first-order valence-electron chi connectivity index (χ1n) is 6.95. The van der Waals surface area contributed by atoms with Crippen LogP contribution in [0.5, 0.6) is 0 Å². The van der Waals surface area contributed by atoms with E-state index in [-0.39, 0.29) is 0 Å². The number of hydrogen-bond acceptors (Lipinski definition) is 2. The second-order valence-corrected chi connectivity index (χ2v) is 4.96. The molecule has 1 heterocycles.